The fourth-order valence-electron chi connectivity index (χ4n) is 8.05. The fourth-order valence-corrected chi connectivity index (χ4v) is 8.05. The highest BCUT2D eigenvalue weighted by atomic mass is 16.5. The van der Waals surface area contributed by atoms with E-state index in [0.29, 0.717) is 25.9 Å². The Kier molecular flexibility index (Phi) is 47.1. The molecule has 0 fully saturated rings. The van der Waals surface area contributed by atoms with E-state index in [2.05, 4.69) is 31.3 Å². The van der Waals surface area contributed by atoms with Gasteiger partial charge in [-0.25, -0.2) is 0 Å². The van der Waals surface area contributed by atoms with Crippen molar-refractivity contribution in [3.05, 3.63) is 12.2 Å². The van der Waals surface area contributed by atoms with Crippen molar-refractivity contribution >= 4 is 11.9 Å². The average Bonchev–Trinajstić information content (AvgIpc) is 3.22. The summed E-state index contributed by atoms with van der Waals surface area (Å²) in [6.45, 7) is 4.89. The first-order valence-electron chi connectivity index (χ1n) is 25.9. The number of amides is 1. The standard InChI is InChI=1S/C52H101NO5/c1-3-5-7-9-11-13-15-17-19-20-21-22-24-26-30-34-38-42-46-52(57)58-47-43-39-35-31-27-29-33-37-41-45-51(56)53-49(48-54)50(55)44-40-36-32-28-25-23-18-16-14-12-10-8-6-4-2/h19-20,49-50,54-55H,3-18,21-48H2,1-2H3,(H,53,56)/b20-19-. The summed E-state index contributed by atoms with van der Waals surface area (Å²) in [5.41, 5.74) is 0. The zero-order valence-corrected chi connectivity index (χ0v) is 39.0. The summed E-state index contributed by atoms with van der Waals surface area (Å²) in [6, 6.07) is -0.560. The van der Waals surface area contributed by atoms with Crippen LogP contribution in [0.15, 0.2) is 12.2 Å². The Morgan fingerprint density at radius 1 is 0.466 bits per heavy atom. The van der Waals surface area contributed by atoms with E-state index >= 15 is 0 Å². The van der Waals surface area contributed by atoms with Crippen LogP contribution >= 0.6 is 0 Å². The first-order chi connectivity index (χ1) is 28.5. The minimum Gasteiger partial charge on any atom is -0.466 e. The lowest BCUT2D eigenvalue weighted by Gasteiger charge is -2.22. The highest BCUT2D eigenvalue weighted by Gasteiger charge is 2.20. The van der Waals surface area contributed by atoms with Crippen LogP contribution in [0.4, 0.5) is 0 Å². The van der Waals surface area contributed by atoms with Crippen LogP contribution < -0.4 is 5.32 Å². The maximum absolute atomic E-state index is 12.4. The molecule has 0 radical (unpaired) electrons. The normalized spacial score (nSPS) is 12.7. The molecule has 344 valence electrons. The van der Waals surface area contributed by atoms with Gasteiger partial charge in [-0.15, -0.1) is 0 Å². The molecule has 0 aliphatic carbocycles. The van der Waals surface area contributed by atoms with Crippen LogP contribution in [0, 0.1) is 0 Å². The van der Waals surface area contributed by atoms with Gasteiger partial charge in [-0.2, -0.15) is 0 Å². The molecule has 0 aromatic carbocycles. The lowest BCUT2D eigenvalue weighted by Crippen LogP contribution is -2.45. The van der Waals surface area contributed by atoms with E-state index in [0.717, 1.165) is 57.8 Å². The molecule has 1 amide bonds. The van der Waals surface area contributed by atoms with Crippen molar-refractivity contribution in [3.8, 4) is 0 Å². The maximum atomic E-state index is 12.4. The second-order valence-corrected chi connectivity index (χ2v) is 17.9. The number of aliphatic hydroxyl groups excluding tert-OH is 2. The number of hydrogen-bond acceptors (Lipinski definition) is 5. The van der Waals surface area contributed by atoms with Gasteiger partial charge in [0.05, 0.1) is 25.4 Å². The van der Waals surface area contributed by atoms with E-state index in [1.807, 2.05) is 0 Å². The molecule has 6 heteroatoms. The van der Waals surface area contributed by atoms with Crippen molar-refractivity contribution in [2.75, 3.05) is 13.2 Å². The quantitative estimate of drug-likeness (QED) is 0.0323. The predicted molar refractivity (Wildman–Crippen MR) is 250 cm³/mol. The van der Waals surface area contributed by atoms with E-state index in [1.54, 1.807) is 0 Å². The van der Waals surface area contributed by atoms with E-state index in [9.17, 15) is 19.8 Å². The smallest absolute Gasteiger partial charge is 0.305 e. The summed E-state index contributed by atoms with van der Waals surface area (Å²) in [4.78, 5) is 24.5. The van der Waals surface area contributed by atoms with Gasteiger partial charge in [0, 0.05) is 12.8 Å². The van der Waals surface area contributed by atoms with Gasteiger partial charge >= 0.3 is 5.97 Å². The van der Waals surface area contributed by atoms with Gasteiger partial charge in [0.15, 0.2) is 0 Å². The topological polar surface area (TPSA) is 95.9 Å². The highest BCUT2D eigenvalue weighted by Crippen LogP contribution is 2.16. The second kappa shape index (κ2) is 48.3. The molecule has 3 N–H and O–H groups in total. The summed E-state index contributed by atoms with van der Waals surface area (Å²) in [5, 5.41) is 23.2. The molecule has 0 spiro atoms. The first-order valence-corrected chi connectivity index (χ1v) is 25.9. The number of carbonyl (C=O) groups is 2. The predicted octanol–water partition coefficient (Wildman–Crippen LogP) is 15.3. The zero-order chi connectivity index (χ0) is 42.3. The number of hydrogen-bond donors (Lipinski definition) is 3. The fraction of sp³-hybridized carbons (Fsp3) is 0.923. The summed E-state index contributed by atoms with van der Waals surface area (Å²) in [6.07, 6.45) is 54.6. The third kappa shape index (κ3) is 44.2. The molecule has 0 aromatic heterocycles. The van der Waals surface area contributed by atoms with Crippen LogP contribution in [0.25, 0.3) is 0 Å². The minimum absolute atomic E-state index is 0.0276. The van der Waals surface area contributed by atoms with Gasteiger partial charge in [-0.05, 0) is 51.4 Å². The van der Waals surface area contributed by atoms with Gasteiger partial charge in [-0.3, -0.25) is 9.59 Å². The molecule has 2 unspecified atom stereocenters. The molecule has 0 aliphatic heterocycles. The SMILES string of the molecule is CCCCCCCCC/C=C\CCCCCCCCCC(=O)OCCCCCCCCCCCC(=O)NC(CO)C(O)CCCCCCCCCCCCCCCC. The van der Waals surface area contributed by atoms with Crippen LogP contribution in [-0.4, -0.2) is 47.4 Å². The lowest BCUT2D eigenvalue weighted by molar-refractivity contribution is -0.143. The lowest BCUT2D eigenvalue weighted by atomic mass is 10.0. The van der Waals surface area contributed by atoms with Crippen molar-refractivity contribution < 1.29 is 24.5 Å². The molecule has 0 aliphatic rings. The Hall–Kier alpha value is -1.40. The van der Waals surface area contributed by atoms with Gasteiger partial charge in [0.1, 0.15) is 0 Å². The highest BCUT2D eigenvalue weighted by molar-refractivity contribution is 5.76. The first kappa shape index (κ1) is 56.6. The minimum atomic E-state index is -0.680. The molecule has 0 heterocycles. The molecule has 6 nitrogen and oxygen atoms in total. The zero-order valence-electron chi connectivity index (χ0n) is 39.0. The number of ether oxygens (including phenoxy) is 1. The van der Waals surface area contributed by atoms with Crippen molar-refractivity contribution in [3.63, 3.8) is 0 Å². The Balaban J connectivity index is 3.47. The molecule has 0 rings (SSSR count). The van der Waals surface area contributed by atoms with Gasteiger partial charge in [0.25, 0.3) is 0 Å². The third-order valence-electron chi connectivity index (χ3n) is 12.1. The van der Waals surface area contributed by atoms with E-state index in [4.69, 9.17) is 4.74 Å². The molecule has 0 saturated heterocycles. The Bertz CT molecular complexity index is 863. The summed E-state index contributed by atoms with van der Waals surface area (Å²) in [5.74, 6) is -0.0893. The third-order valence-corrected chi connectivity index (χ3v) is 12.1. The molecule has 0 aromatic rings. The molecule has 0 bridgehead atoms. The molecular formula is C52H101NO5. The number of carbonyl (C=O) groups excluding carboxylic acids is 2. The number of nitrogens with one attached hydrogen (secondary N) is 1. The van der Waals surface area contributed by atoms with Crippen LogP contribution in [0.2, 0.25) is 0 Å². The van der Waals surface area contributed by atoms with E-state index < -0.39 is 12.1 Å². The second-order valence-electron chi connectivity index (χ2n) is 17.9. The van der Waals surface area contributed by atoms with Crippen molar-refractivity contribution in [1.29, 1.82) is 0 Å². The van der Waals surface area contributed by atoms with Crippen LogP contribution in [0.3, 0.4) is 0 Å². The molecular weight excluding hydrogens is 719 g/mol. The van der Waals surface area contributed by atoms with E-state index in [-0.39, 0.29) is 18.5 Å². The van der Waals surface area contributed by atoms with Crippen molar-refractivity contribution in [2.45, 2.75) is 296 Å². The van der Waals surface area contributed by atoms with Crippen LogP contribution in [0.1, 0.15) is 284 Å². The number of rotatable bonds is 48. The van der Waals surface area contributed by atoms with Gasteiger partial charge in [0.2, 0.25) is 5.91 Å². The Morgan fingerprint density at radius 3 is 1.22 bits per heavy atom. The summed E-state index contributed by atoms with van der Waals surface area (Å²) in [7, 11) is 0. The molecule has 2 atom stereocenters. The van der Waals surface area contributed by atoms with Crippen LogP contribution in [-0.2, 0) is 14.3 Å². The van der Waals surface area contributed by atoms with Gasteiger partial charge in [-0.1, -0.05) is 231 Å². The van der Waals surface area contributed by atoms with Crippen molar-refractivity contribution in [2.24, 2.45) is 0 Å². The van der Waals surface area contributed by atoms with E-state index in [1.165, 1.54) is 193 Å². The number of allylic oxidation sites excluding steroid dienone is 2. The summed E-state index contributed by atoms with van der Waals surface area (Å²) < 4.78 is 5.46. The molecule has 0 saturated carbocycles. The number of aliphatic hydroxyl groups is 2. The largest absolute Gasteiger partial charge is 0.466 e. The van der Waals surface area contributed by atoms with Crippen molar-refractivity contribution in [1.82, 2.24) is 5.32 Å². The van der Waals surface area contributed by atoms with Crippen LogP contribution in [0.5, 0.6) is 0 Å². The van der Waals surface area contributed by atoms with Gasteiger partial charge < -0.3 is 20.3 Å². The Morgan fingerprint density at radius 2 is 0.810 bits per heavy atom. The average molecular weight is 820 g/mol. The number of esters is 1. The number of unbranched alkanes of at least 4 members (excludes halogenated alkanes) is 35. The molecule has 58 heavy (non-hydrogen) atoms. The Labute approximate surface area is 361 Å². The summed E-state index contributed by atoms with van der Waals surface area (Å²) >= 11 is 0. The maximum Gasteiger partial charge on any atom is 0.305 e. The monoisotopic (exact) mass is 820 g/mol.